The van der Waals surface area contributed by atoms with Crippen LogP contribution >= 0.6 is 23.2 Å². The number of aliphatic hydroxyl groups is 1. The molecule has 2 aromatic heterocycles. The van der Waals surface area contributed by atoms with E-state index in [-0.39, 0.29) is 17.5 Å². The monoisotopic (exact) mass is 421 g/mol. The third-order valence-corrected chi connectivity index (χ3v) is 5.28. The summed E-state index contributed by atoms with van der Waals surface area (Å²) in [6.45, 7) is 0.667. The summed E-state index contributed by atoms with van der Waals surface area (Å²) in [7, 11) is 0. The molecule has 1 aliphatic rings. The van der Waals surface area contributed by atoms with Crippen LogP contribution < -0.4 is 10.9 Å². The third kappa shape index (κ3) is 3.81. The van der Waals surface area contributed by atoms with Crippen molar-refractivity contribution in [3.63, 3.8) is 0 Å². The molecule has 1 fully saturated rings. The summed E-state index contributed by atoms with van der Waals surface area (Å²) in [5, 5.41) is 22.0. The van der Waals surface area contributed by atoms with E-state index < -0.39 is 11.2 Å². The van der Waals surface area contributed by atoms with Gasteiger partial charge in [0.1, 0.15) is 17.2 Å². The summed E-state index contributed by atoms with van der Waals surface area (Å²) in [4.78, 5) is 16.8. The Bertz CT molecular complexity index is 1040. The van der Waals surface area contributed by atoms with E-state index in [1.807, 2.05) is 24.3 Å². The number of rotatable bonds is 6. The van der Waals surface area contributed by atoms with Crippen LogP contribution in [-0.4, -0.2) is 38.1 Å². The molecule has 1 saturated heterocycles. The van der Waals surface area contributed by atoms with Gasteiger partial charge in [-0.05, 0) is 24.1 Å². The van der Waals surface area contributed by atoms with Gasteiger partial charge in [0.2, 0.25) is 5.89 Å². The molecule has 4 rings (SSSR count). The quantitative estimate of drug-likeness (QED) is 0.621. The third-order valence-electron chi connectivity index (χ3n) is 4.67. The Morgan fingerprint density at radius 3 is 2.64 bits per heavy atom. The van der Waals surface area contributed by atoms with Crippen molar-refractivity contribution in [2.75, 3.05) is 13.1 Å². The van der Waals surface area contributed by atoms with Gasteiger partial charge in [0.25, 0.3) is 5.56 Å². The zero-order valence-electron chi connectivity index (χ0n) is 14.7. The van der Waals surface area contributed by atoms with E-state index >= 15 is 0 Å². The summed E-state index contributed by atoms with van der Waals surface area (Å²) in [5.74, 6) is 0.795. The maximum atomic E-state index is 12.5. The molecule has 0 spiro atoms. The van der Waals surface area contributed by atoms with Crippen molar-refractivity contribution in [2.24, 2.45) is 0 Å². The molecule has 0 radical (unpaired) electrons. The normalized spacial score (nSPS) is 15.4. The molecule has 0 amide bonds. The maximum absolute atomic E-state index is 12.5. The first kappa shape index (κ1) is 19.1. The van der Waals surface area contributed by atoms with Gasteiger partial charge in [-0.2, -0.15) is 10.1 Å². The molecule has 3 aromatic rings. The number of nitrogens with zero attached hydrogens (tertiary/aromatic N) is 4. The van der Waals surface area contributed by atoms with Crippen molar-refractivity contribution in [3.05, 3.63) is 73.7 Å². The van der Waals surface area contributed by atoms with Gasteiger partial charge in [0.05, 0.1) is 6.20 Å². The van der Waals surface area contributed by atoms with Crippen molar-refractivity contribution in [2.45, 2.75) is 25.0 Å². The van der Waals surface area contributed by atoms with Crippen molar-refractivity contribution in [1.82, 2.24) is 25.2 Å². The largest absolute Gasteiger partial charge is 0.382 e. The average Bonchev–Trinajstić information content (AvgIpc) is 3.11. The number of hydrogen-bond donors (Lipinski definition) is 2. The van der Waals surface area contributed by atoms with E-state index in [0.29, 0.717) is 35.9 Å². The first-order valence-corrected chi connectivity index (χ1v) is 9.45. The van der Waals surface area contributed by atoms with Crippen molar-refractivity contribution < 1.29 is 9.63 Å². The molecule has 28 heavy (non-hydrogen) atoms. The Morgan fingerprint density at radius 2 is 1.96 bits per heavy atom. The van der Waals surface area contributed by atoms with Crippen molar-refractivity contribution in [1.29, 1.82) is 0 Å². The number of aryl methyl sites for hydroxylation is 2. The van der Waals surface area contributed by atoms with E-state index in [0.717, 1.165) is 16.7 Å². The van der Waals surface area contributed by atoms with Gasteiger partial charge in [0.15, 0.2) is 5.82 Å². The fraction of sp³-hybridized carbons (Fsp3) is 0.333. The van der Waals surface area contributed by atoms with Crippen LogP contribution in [0.25, 0.3) is 0 Å². The second-order valence-corrected chi connectivity index (χ2v) is 7.52. The number of nitrogens with one attached hydrogen (secondary N) is 1. The van der Waals surface area contributed by atoms with Crippen LogP contribution in [0.4, 0.5) is 0 Å². The van der Waals surface area contributed by atoms with Gasteiger partial charge in [0, 0.05) is 30.1 Å². The Kier molecular flexibility index (Phi) is 5.20. The Morgan fingerprint density at radius 1 is 1.21 bits per heavy atom. The topological polar surface area (TPSA) is 106 Å². The predicted molar refractivity (Wildman–Crippen MR) is 103 cm³/mol. The molecular formula is C18H17Cl2N5O3. The fourth-order valence-corrected chi connectivity index (χ4v) is 3.39. The van der Waals surface area contributed by atoms with Gasteiger partial charge in [-0.15, -0.1) is 0 Å². The van der Waals surface area contributed by atoms with Gasteiger partial charge in [-0.1, -0.05) is 40.5 Å². The highest BCUT2D eigenvalue weighted by Gasteiger charge is 2.39. The van der Waals surface area contributed by atoms with E-state index in [9.17, 15) is 9.90 Å². The average molecular weight is 422 g/mol. The van der Waals surface area contributed by atoms with Crippen molar-refractivity contribution in [3.8, 4) is 0 Å². The Hall–Kier alpha value is -2.26. The lowest BCUT2D eigenvalue weighted by Gasteiger charge is -2.38. The molecule has 8 nitrogen and oxygen atoms in total. The molecule has 146 valence electrons. The molecule has 2 N–H and O–H groups in total. The van der Waals surface area contributed by atoms with Crippen LogP contribution in [0.15, 0.2) is 39.8 Å². The summed E-state index contributed by atoms with van der Waals surface area (Å²) in [6.07, 6.45) is 2.73. The van der Waals surface area contributed by atoms with Crippen LogP contribution in [-0.2, 0) is 25.0 Å². The van der Waals surface area contributed by atoms with Crippen LogP contribution in [0.5, 0.6) is 0 Å². The zero-order valence-corrected chi connectivity index (χ0v) is 16.2. The summed E-state index contributed by atoms with van der Waals surface area (Å²) in [5.41, 5.74) is -0.232. The van der Waals surface area contributed by atoms with E-state index in [1.54, 1.807) is 0 Å². The van der Waals surface area contributed by atoms with Gasteiger partial charge in [-0.3, -0.25) is 4.79 Å². The molecular weight excluding hydrogens is 405 g/mol. The molecule has 0 aliphatic carbocycles. The number of benzene rings is 1. The minimum atomic E-state index is -1.15. The minimum absolute atomic E-state index is 0.00343. The van der Waals surface area contributed by atoms with Crippen LogP contribution in [0, 0.1) is 0 Å². The van der Waals surface area contributed by atoms with Gasteiger partial charge < -0.3 is 14.9 Å². The lowest BCUT2D eigenvalue weighted by molar-refractivity contribution is -0.0152. The molecule has 0 unspecified atom stereocenters. The SMILES string of the molecule is O=c1c(Cl)c(C2(O)CNC2)cnn1Cc1nc(CCc2ccc(Cl)cc2)no1. The van der Waals surface area contributed by atoms with Crippen LogP contribution in [0.2, 0.25) is 10.0 Å². The first-order valence-electron chi connectivity index (χ1n) is 8.70. The Labute approximate surface area is 170 Å². The van der Waals surface area contributed by atoms with Gasteiger partial charge >= 0.3 is 0 Å². The number of hydrogen-bond acceptors (Lipinski definition) is 7. The molecule has 0 atom stereocenters. The summed E-state index contributed by atoms with van der Waals surface area (Å²) >= 11 is 12.0. The summed E-state index contributed by atoms with van der Waals surface area (Å²) in [6, 6.07) is 7.56. The van der Waals surface area contributed by atoms with Crippen LogP contribution in [0.3, 0.4) is 0 Å². The van der Waals surface area contributed by atoms with E-state index in [2.05, 4.69) is 20.6 Å². The van der Waals surface area contributed by atoms with Crippen molar-refractivity contribution >= 4 is 23.2 Å². The minimum Gasteiger partial charge on any atom is -0.382 e. The highest BCUT2D eigenvalue weighted by Crippen LogP contribution is 2.28. The van der Waals surface area contributed by atoms with E-state index in [1.165, 1.54) is 6.20 Å². The predicted octanol–water partition coefficient (Wildman–Crippen LogP) is 1.56. The van der Waals surface area contributed by atoms with E-state index in [4.69, 9.17) is 27.7 Å². The van der Waals surface area contributed by atoms with Crippen LogP contribution in [0.1, 0.15) is 22.8 Å². The molecule has 0 bridgehead atoms. The first-order chi connectivity index (χ1) is 13.4. The standard InChI is InChI=1S/C18H17Cl2N5O3/c19-12-4-1-11(2-5-12)3-6-14-23-15(28-24-14)8-25-17(26)16(20)13(7-22-25)18(27)9-21-10-18/h1-2,4-5,7,21,27H,3,6,8-10H2. The molecule has 3 heterocycles. The fourth-order valence-electron chi connectivity index (χ4n) is 2.95. The number of β-amino-alcohol motifs (C(OH)–C–C–N with tert-alkyl or cyclic N) is 1. The molecule has 0 saturated carbocycles. The Balaban J connectivity index is 1.44. The maximum Gasteiger partial charge on any atom is 0.286 e. The number of aromatic nitrogens is 4. The molecule has 10 heteroatoms. The lowest BCUT2D eigenvalue weighted by Crippen LogP contribution is -2.57. The smallest absolute Gasteiger partial charge is 0.286 e. The number of halogens is 2. The lowest BCUT2D eigenvalue weighted by atomic mass is 9.90. The summed E-state index contributed by atoms with van der Waals surface area (Å²) < 4.78 is 6.35. The molecule has 1 aromatic carbocycles. The zero-order chi connectivity index (χ0) is 19.7. The second kappa shape index (κ2) is 7.63. The highest BCUT2D eigenvalue weighted by molar-refractivity contribution is 6.31. The van der Waals surface area contributed by atoms with Gasteiger partial charge in [-0.25, -0.2) is 4.68 Å². The second-order valence-electron chi connectivity index (χ2n) is 6.70. The highest BCUT2D eigenvalue weighted by atomic mass is 35.5. The molecule has 1 aliphatic heterocycles.